The fraction of sp³-hybridized carbons (Fsp3) is 0. The third-order valence-electron chi connectivity index (χ3n) is 3.84. The molecule has 0 spiro atoms. The Kier molecular flexibility index (Phi) is 6.60. The second-order valence-electron chi connectivity index (χ2n) is 5.79. The molecular weight excluding hydrogens is 360 g/mol. The number of azo groups is 1. The van der Waals surface area contributed by atoms with Gasteiger partial charge in [-0.2, -0.15) is 15.6 Å². The molecule has 0 heterocycles. The molecule has 3 aromatic rings. The number of hydrogen-bond acceptors (Lipinski definition) is 5. The van der Waals surface area contributed by atoms with Crippen LogP contribution >= 0.6 is 0 Å². The van der Waals surface area contributed by atoms with Crippen LogP contribution in [-0.4, -0.2) is 5.84 Å². The average molecular weight is 376 g/mol. The minimum atomic E-state index is -0.100. The number of allylic oxidation sites excluding steroid dienone is 1. The molecule has 0 saturated heterocycles. The fourth-order valence-corrected chi connectivity index (χ4v) is 2.49. The number of amidine groups is 1. The molecule has 0 aliphatic heterocycles. The van der Waals surface area contributed by atoms with Crippen molar-refractivity contribution in [3.63, 3.8) is 0 Å². The molecule has 0 aromatic heterocycles. The Hall–Kier alpha value is -4.55. The lowest BCUT2D eigenvalue weighted by molar-refractivity contribution is 1.23. The van der Waals surface area contributed by atoms with Gasteiger partial charge in [-0.25, -0.2) is 0 Å². The van der Waals surface area contributed by atoms with E-state index in [0.717, 1.165) is 5.69 Å². The lowest BCUT2D eigenvalue weighted by atomic mass is 10.00. The van der Waals surface area contributed by atoms with E-state index in [2.05, 4.69) is 20.8 Å². The van der Waals surface area contributed by atoms with Gasteiger partial charge in [0.15, 0.2) is 0 Å². The van der Waals surface area contributed by atoms with Gasteiger partial charge in [0.25, 0.3) is 0 Å². The van der Waals surface area contributed by atoms with Crippen molar-refractivity contribution in [1.82, 2.24) is 0 Å². The van der Waals surface area contributed by atoms with Gasteiger partial charge >= 0.3 is 0 Å². The van der Waals surface area contributed by atoms with Gasteiger partial charge < -0.3 is 0 Å². The summed E-state index contributed by atoms with van der Waals surface area (Å²) in [4.78, 5) is 0. The maximum Gasteiger partial charge on any atom is 0.203 e. The Morgan fingerprint density at radius 1 is 0.724 bits per heavy atom. The summed E-state index contributed by atoms with van der Waals surface area (Å²) in [6, 6.07) is 31.4. The molecule has 0 aliphatic carbocycles. The highest BCUT2D eigenvalue weighted by atomic mass is 15.3. The second-order valence-corrected chi connectivity index (χ2v) is 5.79. The Morgan fingerprint density at radius 3 is 1.86 bits per heavy atom. The lowest BCUT2D eigenvalue weighted by Crippen LogP contribution is -2.05. The van der Waals surface area contributed by atoms with Gasteiger partial charge in [-0.05, 0) is 29.8 Å². The first-order valence-corrected chi connectivity index (χ1v) is 8.77. The van der Waals surface area contributed by atoms with Crippen molar-refractivity contribution in [3.8, 4) is 12.1 Å². The van der Waals surface area contributed by atoms with Gasteiger partial charge in [0.2, 0.25) is 5.84 Å². The summed E-state index contributed by atoms with van der Waals surface area (Å²) < 4.78 is 0. The van der Waals surface area contributed by atoms with Crippen molar-refractivity contribution in [1.29, 1.82) is 10.5 Å². The molecule has 1 N–H and O–H groups in total. The van der Waals surface area contributed by atoms with Gasteiger partial charge in [0.1, 0.15) is 17.7 Å². The van der Waals surface area contributed by atoms with Crippen molar-refractivity contribution in [2.75, 3.05) is 5.43 Å². The van der Waals surface area contributed by atoms with Crippen molar-refractivity contribution < 1.29 is 0 Å². The molecule has 0 amide bonds. The van der Waals surface area contributed by atoms with Crippen molar-refractivity contribution in [2.24, 2.45) is 15.3 Å². The molecule has 0 fully saturated rings. The first-order chi connectivity index (χ1) is 14.3. The maximum atomic E-state index is 9.50. The largest absolute Gasteiger partial charge is 0.276 e. The quantitative estimate of drug-likeness (QED) is 0.203. The number of para-hydroxylation sites is 1. The van der Waals surface area contributed by atoms with Crippen LogP contribution < -0.4 is 5.43 Å². The first-order valence-electron chi connectivity index (χ1n) is 8.77. The zero-order chi connectivity index (χ0) is 20.3. The van der Waals surface area contributed by atoms with Crippen LogP contribution in [0.25, 0.3) is 5.57 Å². The molecule has 3 rings (SSSR count). The van der Waals surface area contributed by atoms with E-state index in [1.165, 1.54) is 0 Å². The minimum absolute atomic E-state index is 0.100. The zero-order valence-electron chi connectivity index (χ0n) is 15.4. The summed E-state index contributed by atoms with van der Waals surface area (Å²) in [6.45, 7) is 0. The summed E-state index contributed by atoms with van der Waals surface area (Å²) in [6.07, 6.45) is 0. The van der Waals surface area contributed by atoms with Crippen LogP contribution in [0.2, 0.25) is 0 Å². The fourth-order valence-electron chi connectivity index (χ4n) is 2.49. The maximum absolute atomic E-state index is 9.50. The zero-order valence-corrected chi connectivity index (χ0v) is 15.4. The highest BCUT2D eigenvalue weighted by molar-refractivity contribution is 6.25. The number of hydrazone groups is 1. The van der Waals surface area contributed by atoms with Gasteiger partial charge in [0.05, 0.1) is 16.9 Å². The van der Waals surface area contributed by atoms with E-state index in [0.29, 0.717) is 16.8 Å². The van der Waals surface area contributed by atoms with Crippen LogP contribution in [0.15, 0.2) is 112 Å². The van der Waals surface area contributed by atoms with E-state index in [-0.39, 0.29) is 11.4 Å². The van der Waals surface area contributed by atoms with Gasteiger partial charge in [-0.3, -0.25) is 5.43 Å². The summed E-state index contributed by atoms with van der Waals surface area (Å²) in [5.41, 5.74) is 5.13. The molecule has 6 heteroatoms. The third-order valence-corrected chi connectivity index (χ3v) is 3.84. The second kappa shape index (κ2) is 9.96. The third kappa shape index (κ3) is 5.22. The Morgan fingerprint density at radius 2 is 1.28 bits per heavy atom. The van der Waals surface area contributed by atoms with Crippen LogP contribution in [0, 0.1) is 22.7 Å². The van der Waals surface area contributed by atoms with E-state index < -0.39 is 0 Å². The Balaban J connectivity index is 2.11. The highest BCUT2D eigenvalue weighted by Gasteiger charge is 2.16. The van der Waals surface area contributed by atoms with E-state index in [1.807, 2.05) is 78.9 Å². The molecule has 0 radical (unpaired) electrons. The van der Waals surface area contributed by atoms with Crippen LogP contribution in [0.3, 0.4) is 0 Å². The highest BCUT2D eigenvalue weighted by Crippen LogP contribution is 2.23. The molecule has 29 heavy (non-hydrogen) atoms. The molecule has 0 bridgehead atoms. The minimum Gasteiger partial charge on any atom is -0.276 e. The number of benzene rings is 3. The predicted molar refractivity (Wildman–Crippen MR) is 113 cm³/mol. The van der Waals surface area contributed by atoms with E-state index in [1.54, 1.807) is 24.3 Å². The standard InChI is InChI=1S/C23H16N6/c24-16-19(17-25)22(18-10-4-1-5-11-18)23(28-26-20-12-6-2-7-13-20)29-27-21-14-8-3-9-15-21/h1-15,26H/b28-23+,29-27?. The van der Waals surface area contributed by atoms with E-state index in [9.17, 15) is 10.5 Å². The monoisotopic (exact) mass is 376 g/mol. The predicted octanol–water partition coefficient (Wildman–Crippen LogP) is 5.70. The molecule has 0 atom stereocenters. The summed E-state index contributed by atoms with van der Waals surface area (Å²) >= 11 is 0. The molecule has 0 unspecified atom stereocenters. The average Bonchev–Trinajstić information content (AvgIpc) is 2.80. The Bertz CT molecular complexity index is 1100. The normalized spacial score (nSPS) is 10.8. The number of nitrogens with zero attached hydrogens (tertiary/aromatic N) is 5. The summed E-state index contributed by atoms with van der Waals surface area (Å²) in [7, 11) is 0. The topological polar surface area (TPSA) is 96.7 Å². The molecular formula is C23H16N6. The van der Waals surface area contributed by atoms with Crippen molar-refractivity contribution in [3.05, 3.63) is 102 Å². The smallest absolute Gasteiger partial charge is 0.203 e. The lowest BCUT2D eigenvalue weighted by Gasteiger charge is -2.08. The molecule has 0 saturated carbocycles. The number of hydrogen-bond donors (Lipinski definition) is 1. The van der Waals surface area contributed by atoms with Crippen LogP contribution in [0.5, 0.6) is 0 Å². The Labute approximate surface area is 168 Å². The number of anilines is 1. The van der Waals surface area contributed by atoms with Gasteiger partial charge in [0, 0.05) is 0 Å². The number of rotatable bonds is 5. The van der Waals surface area contributed by atoms with E-state index in [4.69, 9.17) is 0 Å². The molecule has 3 aromatic carbocycles. The van der Waals surface area contributed by atoms with Crippen molar-refractivity contribution >= 4 is 22.8 Å². The SMILES string of the molecule is N#CC(C#N)=C(/C(N=Nc1ccccc1)=N\Nc1ccccc1)c1ccccc1. The molecule has 138 valence electrons. The number of nitriles is 2. The molecule has 6 nitrogen and oxygen atoms in total. The van der Waals surface area contributed by atoms with Gasteiger partial charge in [-0.1, -0.05) is 66.7 Å². The number of nitrogens with one attached hydrogen (secondary N) is 1. The van der Waals surface area contributed by atoms with Crippen molar-refractivity contribution in [2.45, 2.75) is 0 Å². The first kappa shape index (κ1) is 19.2. The van der Waals surface area contributed by atoms with E-state index >= 15 is 0 Å². The van der Waals surface area contributed by atoms with Crippen LogP contribution in [-0.2, 0) is 0 Å². The summed E-state index contributed by atoms with van der Waals surface area (Å²) in [5, 5.41) is 31.8. The van der Waals surface area contributed by atoms with Crippen LogP contribution in [0.1, 0.15) is 5.56 Å². The summed E-state index contributed by atoms with van der Waals surface area (Å²) in [5.74, 6) is 0.127. The van der Waals surface area contributed by atoms with Crippen LogP contribution in [0.4, 0.5) is 11.4 Å². The van der Waals surface area contributed by atoms with Gasteiger partial charge in [-0.15, -0.1) is 10.2 Å². The molecule has 0 aliphatic rings.